The zero-order chi connectivity index (χ0) is 34.4. The summed E-state index contributed by atoms with van der Waals surface area (Å²) in [5.41, 5.74) is 16.1. The molecule has 0 saturated heterocycles. The van der Waals surface area contributed by atoms with Crippen molar-refractivity contribution >= 4 is 50.6 Å². The topological polar surface area (TPSA) is 18.5 Å². The van der Waals surface area contributed by atoms with Crippen LogP contribution in [0.3, 0.4) is 0 Å². The minimum absolute atomic E-state index is 0.0158. The number of hydrogen-bond donors (Lipinski definition) is 0. The average molecular weight is 653 g/mol. The quantitative estimate of drug-likeness (QED) is 0.137. The van der Waals surface area contributed by atoms with E-state index in [2.05, 4.69) is 152 Å². The Morgan fingerprint density at radius 1 is 0.569 bits per heavy atom. The molecule has 0 atom stereocenters. The highest BCUT2D eigenvalue weighted by atomic mass is 16.5. The van der Waals surface area contributed by atoms with E-state index in [1.165, 1.54) is 66.0 Å². The Kier molecular flexibility index (Phi) is 6.29. The smallest absolute Gasteiger partial charge is 0.256 e. The second-order valence-electron chi connectivity index (χ2n) is 14.9. The lowest BCUT2D eigenvalue weighted by atomic mass is 9.34. The van der Waals surface area contributed by atoms with Gasteiger partial charge < -0.3 is 9.30 Å². The first-order valence-electron chi connectivity index (χ1n) is 17.6. The summed E-state index contributed by atoms with van der Waals surface area (Å²) in [5.74, 6) is 1.78. The van der Waals surface area contributed by atoms with Crippen molar-refractivity contribution < 1.29 is 4.74 Å². The molecule has 0 radical (unpaired) electrons. The van der Waals surface area contributed by atoms with Crippen molar-refractivity contribution in [3.8, 4) is 50.6 Å². The molecule has 7 aromatic carbocycles. The number of benzene rings is 7. The number of hydrogen-bond acceptors (Lipinski definition) is 1. The van der Waals surface area contributed by atoms with Gasteiger partial charge in [0.25, 0.3) is 6.71 Å². The van der Waals surface area contributed by atoms with E-state index in [-0.39, 0.29) is 12.1 Å². The summed E-state index contributed by atoms with van der Waals surface area (Å²) >= 11 is 0. The zero-order valence-electron chi connectivity index (χ0n) is 28.7. The Bertz CT molecular complexity index is 2750. The first kappa shape index (κ1) is 29.6. The van der Waals surface area contributed by atoms with E-state index < -0.39 is 0 Å². The van der Waals surface area contributed by atoms with Crippen LogP contribution in [-0.2, 0) is 5.41 Å². The predicted octanol–water partition coefficient (Wildman–Crippen LogP) is 10.6. The van der Waals surface area contributed by atoms with E-state index in [4.69, 9.17) is 11.3 Å². The van der Waals surface area contributed by atoms with Crippen LogP contribution in [0, 0.1) is 6.57 Å². The van der Waals surface area contributed by atoms with Crippen molar-refractivity contribution in [2.75, 3.05) is 0 Å². The van der Waals surface area contributed by atoms with Crippen LogP contribution in [0.5, 0.6) is 11.5 Å². The summed E-state index contributed by atoms with van der Waals surface area (Å²) in [6.45, 7) is 14.3. The molecule has 0 unspecified atom stereocenters. The van der Waals surface area contributed by atoms with Crippen LogP contribution in [0.2, 0.25) is 0 Å². The molecule has 10 rings (SSSR count). The monoisotopic (exact) mass is 652 g/mol. The maximum absolute atomic E-state index is 7.49. The van der Waals surface area contributed by atoms with Gasteiger partial charge in [0.1, 0.15) is 11.5 Å². The molecular formula is C47H33BN2O. The maximum atomic E-state index is 7.49. The van der Waals surface area contributed by atoms with Gasteiger partial charge in [0, 0.05) is 22.0 Å². The molecule has 0 saturated carbocycles. The highest BCUT2D eigenvalue weighted by molar-refractivity contribution is 6.99. The lowest BCUT2D eigenvalue weighted by Gasteiger charge is -2.35. The van der Waals surface area contributed by atoms with Gasteiger partial charge in [-0.05, 0) is 97.1 Å². The molecule has 0 bridgehead atoms. The first-order chi connectivity index (χ1) is 24.9. The normalized spacial score (nSPS) is 12.7. The highest BCUT2D eigenvalue weighted by Crippen LogP contribution is 2.42. The van der Waals surface area contributed by atoms with Gasteiger partial charge in [0.15, 0.2) is 5.69 Å². The van der Waals surface area contributed by atoms with Gasteiger partial charge in [-0.1, -0.05) is 130 Å². The molecule has 2 aliphatic rings. The maximum Gasteiger partial charge on any atom is 0.256 e. The Labute approximate surface area is 298 Å². The van der Waals surface area contributed by atoms with Crippen LogP contribution in [0.1, 0.15) is 26.3 Å². The molecule has 3 heterocycles. The molecule has 0 spiro atoms. The number of fused-ring (bicyclic) bond motifs is 7. The van der Waals surface area contributed by atoms with Gasteiger partial charge in [0.2, 0.25) is 0 Å². The molecule has 4 heteroatoms. The molecule has 8 aromatic rings. The van der Waals surface area contributed by atoms with E-state index in [9.17, 15) is 0 Å². The summed E-state index contributed by atoms with van der Waals surface area (Å²) in [7, 11) is 0. The van der Waals surface area contributed by atoms with Crippen molar-refractivity contribution in [1.29, 1.82) is 0 Å². The number of aromatic nitrogens is 1. The Morgan fingerprint density at radius 3 is 1.92 bits per heavy atom. The Balaban J connectivity index is 1.35. The second kappa shape index (κ2) is 10.8. The fraction of sp³-hybridized carbons (Fsp3) is 0.0851. The van der Waals surface area contributed by atoms with Crippen molar-refractivity contribution in [3.63, 3.8) is 0 Å². The molecule has 3 nitrogen and oxygen atoms in total. The van der Waals surface area contributed by atoms with Gasteiger partial charge in [-0.15, -0.1) is 0 Å². The lowest BCUT2D eigenvalue weighted by molar-refractivity contribution is 0.486. The number of rotatable bonds is 3. The number of ether oxygens (including phenoxy) is 1. The molecule has 1 aromatic heterocycles. The zero-order valence-corrected chi connectivity index (χ0v) is 28.7. The van der Waals surface area contributed by atoms with Gasteiger partial charge in [0.05, 0.1) is 12.1 Å². The lowest BCUT2D eigenvalue weighted by Crippen LogP contribution is -2.58. The van der Waals surface area contributed by atoms with E-state index in [1.54, 1.807) is 0 Å². The second-order valence-corrected chi connectivity index (χ2v) is 14.9. The Morgan fingerprint density at radius 2 is 1.22 bits per heavy atom. The third-order valence-corrected chi connectivity index (χ3v) is 10.8. The van der Waals surface area contributed by atoms with E-state index in [0.29, 0.717) is 5.69 Å². The summed E-state index contributed by atoms with van der Waals surface area (Å²) in [4.78, 5) is 3.63. The van der Waals surface area contributed by atoms with Crippen LogP contribution in [0.25, 0.3) is 65.7 Å². The summed E-state index contributed by atoms with van der Waals surface area (Å²) in [6, 6.07) is 52.4. The third kappa shape index (κ3) is 4.52. The van der Waals surface area contributed by atoms with Gasteiger partial charge >= 0.3 is 0 Å². The van der Waals surface area contributed by atoms with Crippen LogP contribution in [-0.4, -0.2) is 11.3 Å². The molecule has 240 valence electrons. The van der Waals surface area contributed by atoms with E-state index >= 15 is 0 Å². The van der Waals surface area contributed by atoms with E-state index in [0.717, 1.165) is 28.3 Å². The standard InChI is InChI=1S/C47H33BN2O/c1-47(2,3)35-18-22-43-39(28-35)48-40-25-33(30-13-9-6-10-14-30)24-38-37-23-32(29-11-7-5-8-12-29)17-21-41(37)50(46(38)40)42-26-34(27-44(51-43)45(42)48)31-15-19-36(49-4)20-16-31/h5-28H,1-3H3. The van der Waals surface area contributed by atoms with Crippen LogP contribution in [0.15, 0.2) is 146 Å². The highest BCUT2D eigenvalue weighted by Gasteiger charge is 2.41. The minimum Gasteiger partial charge on any atom is -0.458 e. The fourth-order valence-corrected chi connectivity index (χ4v) is 8.25. The van der Waals surface area contributed by atoms with Crippen molar-refractivity contribution in [1.82, 2.24) is 4.57 Å². The molecule has 0 fully saturated rings. The molecule has 2 aliphatic heterocycles. The van der Waals surface area contributed by atoms with Crippen LogP contribution < -0.4 is 21.1 Å². The summed E-state index contributed by atoms with van der Waals surface area (Å²) in [5, 5.41) is 2.48. The van der Waals surface area contributed by atoms with Crippen LogP contribution in [0.4, 0.5) is 5.69 Å². The molecular weight excluding hydrogens is 619 g/mol. The fourth-order valence-electron chi connectivity index (χ4n) is 8.25. The largest absolute Gasteiger partial charge is 0.458 e. The van der Waals surface area contributed by atoms with Crippen molar-refractivity contribution in [3.05, 3.63) is 163 Å². The summed E-state index contributed by atoms with van der Waals surface area (Å²) < 4.78 is 9.41. The Hall–Kier alpha value is -6.31. The predicted molar refractivity (Wildman–Crippen MR) is 213 cm³/mol. The van der Waals surface area contributed by atoms with Gasteiger partial charge in [-0.2, -0.15) is 0 Å². The molecule has 0 amide bonds. The molecule has 0 aliphatic carbocycles. The SMILES string of the molecule is [C-]#[N+]c1ccc(-c2cc3c4c(c2)-n2c5ccc(-c6ccccc6)cc5c5cc(-c6ccccc6)cc(c52)B4c2cc(C(C)(C)C)ccc2O3)cc1. The van der Waals surface area contributed by atoms with E-state index in [1.807, 2.05) is 24.3 Å². The van der Waals surface area contributed by atoms with Crippen molar-refractivity contribution in [2.24, 2.45) is 0 Å². The van der Waals surface area contributed by atoms with Crippen molar-refractivity contribution in [2.45, 2.75) is 26.2 Å². The first-order valence-corrected chi connectivity index (χ1v) is 17.6. The van der Waals surface area contributed by atoms with Gasteiger partial charge in [-0.3, -0.25) is 0 Å². The molecule has 51 heavy (non-hydrogen) atoms. The average Bonchev–Trinajstić information content (AvgIpc) is 3.50. The third-order valence-electron chi connectivity index (χ3n) is 10.8. The van der Waals surface area contributed by atoms with Gasteiger partial charge in [-0.25, -0.2) is 4.85 Å². The van der Waals surface area contributed by atoms with Crippen LogP contribution >= 0.6 is 0 Å². The number of nitrogens with zero attached hydrogens (tertiary/aromatic N) is 2. The minimum atomic E-state index is -0.0174. The molecule has 0 N–H and O–H groups in total. The summed E-state index contributed by atoms with van der Waals surface area (Å²) in [6.07, 6.45) is 0.